The van der Waals surface area contributed by atoms with Crippen molar-refractivity contribution in [2.24, 2.45) is 0 Å². The first kappa shape index (κ1) is 58.6. The molecule has 8 rings (SSSR count). The standard InChI is InChI=1S/C27H34N6O.C25H29N5O2.CH4.3ClH/c1-20-4-6-21(7-5-20)25-12-15-29-27(31-25)30-24-10-8-22(9-11-24)26(34)33-17-13-23(14-18-33)28-16-19-32(2)3;1-18-2-4-19(5-3-18)23-10-13-27-25(29-23)28-22-8-6-20(7-9-22)24(32)30-15-11-21(12-16-30)26-14-17-31;;;;/h4-12,15,23,28H,13-14,16-19H2,1-3H3,(H,29,30,31);2-10,13,21,26,31H,11-12,14-17H2,1H3,(H,27,28,29);1H4;3*1H. The quantitative estimate of drug-likeness (QED) is 0.0664. The van der Waals surface area contributed by atoms with Gasteiger partial charge in [-0.05, 0) is 114 Å². The third-order valence-electron chi connectivity index (χ3n) is 11.9. The number of halogens is 3. The van der Waals surface area contributed by atoms with Crippen LogP contribution in [0.4, 0.5) is 23.3 Å². The fourth-order valence-electron chi connectivity index (χ4n) is 7.96. The Morgan fingerprint density at radius 3 is 1.30 bits per heavy atom. The highest BCUT2D eigenvalue weighted by atomic mass is 35.5. The number of carbonyl (C=O) groups excluding carboxylic acids is 2. The summed E-state index contributed by atoms with van der Waals surface area (Å²) in [6, 6.07) is 36.1. The topological polar surface area (TPSA) is 164 Å². The molecular formula is C53H70Cl3N11O3. The Morgan fingerprint density at radius 2 is 0.943 bits per heavy atom. The molecule has 0 aliphatic carbocycles. The molecule has 70 heavy (non-hydrogen) atoms. The Kier molecular flexibility index (Phi) is 24.7. The van der Waals surface area contributed by atoms with Crippen LogP contribution in [0.2, 0.25) is 0 Å². The van der Waals surface area contributed by atoms with E-state index in [9.17, 15) is 9.59 Å². The molecule has 14 nitrogen and oxygen atoms in total. The molecule has 376 valence electrons. The second-order valence-corrected chi connectivity index (χ2v) is 17.2. The maximum absolute atomic E-state index is 13.0. The second kappa shape index (κ2) is 29.5. The Bertz CT molecular complexity index is 2470. The lowest BCUT2D eigenvalue weighted by atomic mass is 10.0. The van der Waals surface area contributed by atoms with Gasteiger partial charge in [-0.15, -0.1) is 37.2 Å². The van der Waals surface area contributed by atoms with E-state index >= 15 is 0 Å². The molecule has 0 unspecified atom stereocenters. The minimum absolute atomic E-state index is 0. The van der Waals surface area contributed by atoms with Crippen molar-refractivity contribution >= 4 is 72.3 Å². The van der Waals surface area contributed by atoms with E-state index in [4.69, 9.17) is 5.11 Å². The number of hydrogen-bond donors (Lipinski definition) is 5. The predicted molar refractivity (Wildman–Crippen MR) is 292 cm³/mol. The lowest BCUT2D eigenvalue weighted by Gasteiger charge is -2.33. The van der Waals surface area contributed by atoms with Gasteiger partial charge in [0.2, 0.25) is 11.9 Å². The van der Waals surface area contributed by atoms with Crippen molar-refractivity contribution in [3.8, 4) is 22.5 Å². The first-order valence-corrected chi connectivity index (χ1v) is 23.0. The van der Waals surface area contributed by atoms with E-state index in [0.29, 0.717) is 41.7 Å². The summed E-state index contributed by atoms with van der Waals surface area (Å²) >= 11 is 0. The van der Waals surface area contributed by atoms with E-state index in [1.54, 1.807) is 12.4 Å². The van der Waals surface area contributed by atoms with Crippen LogP contribution < -0.4 is 21.3 Å². The van der Waals surface area contributed by atoms with Gasteiger partial charge in [0.05, 0.1) is 18.0 Å². The first-order chi connectivity index (χ1) is 32.1. The van der Waals surface area contributed by atoms with Crippen LogP contribution >= 0.6 is 37.2 Å². The van der Waals surface area contributed by atoms with Crippen molar-refractivity contribution in [1.29, 1.82) is 0 Å². The van der Waals surface area contributed by atoms with Crippen molar-refractivity contribution in [3.63, 3.8) is 0 Å². The Morgan fingerprint density at radius 1 is 0.571 bits per heavy atom. The van der Waals surface area contributed by atoms with Gasteiger partial charge in [0.25, 0.3) is 11.8 Å². The normalized spacial score (nSPS) is 13.6. The fourth-order valence-corrected chi connectivity index (χ4v) is 7.96. The molecule has 2 aliphatic rings. The van der Waals surface area contributed by atoms with Gasteiger partial charge in [-0.1, -0.05) is 67.1 Å². The number of likely N-dealkylation sites (N-methyl/N-ethyl adjacent to an activating group) is 1. The van der Waals surface area contributed by atoms with Crippen LogP contribution in [0.25, 0.3) is 22.5 Å². The van der Waals surface area contributed by atoms with Crippen LogP contribution in [-0.4, -0.2) is 130 Å². The molecule has 2 saturated heterocycles. The number of aliphatic hydroxyl groups excluding tert-OH is 1. The van der Waals surface area contributed by atoms with E-state index in [1.165, 1.54) is 11.1 Å². The second-order valence-electron chi connectivity index (χ2n) is 17.2. The van der Waals surface area contributed by atoms with E-state index in [0.717, 1.165) is 98.8 Å². The number of aromatic nitrogens is 4. The van der Waals surface area contributed by atoms with Gasteiger partial charge in [-0.2, -0.15) is 0 Å². The predicted octanol–water partition coefficient (Wildman–Crippen LogP) is 9.24. The fraction of sp³-hybridized carbons (Fsp3) is 0.358. The van der Waals surface area contributed by atoms with E-state index in [1.807, 2.05) is 82.6 Å². The van der Waals surface area contributed by atoms with Crippen molar-refractivity contribution in [3.05, 3.63) is 144 Å². The first-order valence-electron chi connectivity index (χ1n) is 23.0. The molecule has 2 fully saturated rings. The maximum atomic E-state index is 13.0. The molecule has 17 heteroatoms. The Hall–Kier alpha value is -5.71. The van der Waals surface area contributed by atoms with Crippen LogP contribution in [0.15, 0.2) is 122 Å². The molecule has 0 radical (unpaired) electrons. The van der Waals surface area contributed by atoms with Crippen LogP contribution in [-0.2, 0) is 0 Å². The highest BCUT2D eigenvalue weighted by Gasteiger charge is 2.25. The van der Waals surface area contributed by atoms with Crippen molar-refractivity contribution < 1.29 is 14.7 Å². The molecule has 0 bridgehead atoms. The number of nitrogens with one attached hydrogen (secondary N) is 4. The lowest BCUT2D eigenvalue weighted by molar-refractivity contribution is 0.0696. The zero-order valence-electron chi connectivity index (χ0n) is 39.8. The monoisotopic (exact) mass is 1010 g/mol. The molecule has 4 aromatic carbocycles. The molecule has 0 saturated carbocycles. The number of aryl methyl sites for hydroxylation is 2. The van der Waals surface area contributed by atoms with Crippen LogP contribution in [0.5, 0.6) is 0 Å². The van der Waals surface area contributed by atoms with Crippen LogP contribution in [0, 0.1) is 13.8 Å². The van der Waals surface area contributed by atoms with Crippen molar-refractivity contribution in [2.45, 2.75) is 59.0 Å². The summed E-state index contributed by atoms with van der Waals surface area (Å²) < 4.78 is 0. The number of hydrogen-bond acceptors (Lipinski definition) is 12. The summed E-state index contributed by atoms with van der Waals surface area (Å²) in [7, 11) is 4.17. The number of rotatable bonds is 15. The summed E-state index contributed by atoms with van der Waals surface area (Å²) in [4.78, 5) is 49.7. The SMILES string of the molecule is C.Cc1ccc(-c2ccnc(Nc3ccc(C(=O)N4CCC(NCCN(C)C)CC4)cc3)n2)cc1.Cc1ccc(-c2ccnc(Nc3ccc(C(=O)N4CCC(NCCO)CC4)cc3)n2)cc1.Cl.Cl.Cl. The van der Waals surface area contributed by atoms with Gasteiger partial charge in [0.15, 0.2) is 0 Å². The van der Waals surface area contributed by atoms with Crippen molar-refractivity contribution in [2.75, 3.05) is 77.1 Å². The minimum Gasteiger partial charge on any atom is -0.395 e. The number of nitrogens with zero attached hydrogens (tertiary/aromatic N) is 7. The smallest absolute Gasteiger partial charge is 0.253 e. The number of amides is 2. The zero-order valence-corrected chi connectivity index (χ0v) is 42.3. The number of anilines is 4. The third-order valence-corrected chi connectivity index (χ3v) is 11.9. The summed E-state index contributed by atoms with van der Waals surface area (Å²) in [6.45, 7) is 9.91. The summed E-state index contributed by atoms with van der Waals surface area (Å²) in [6.07, 6.45) is 7.28. The third kappa shape index (κ3) is 17.3. The Labute approximate surface area is 432 Å². The molecule has 2 aromatic heterocycles. The maximum Gasteiger partial charge on any atom is 0.253 e. The number of likely N-dealkylation sites (tertiary alicyclic amines) is 2. The molecule has 2 aliphatic heterocycles. The number of aliphatic hydroxyl groups is 1. The summed E-state index contributed by atoms with van der Waals surface area (Å²) in [5.41, 5.74) is 9.29. The van der Waals surface area contributed by atoms with Crippen LogP contribution in [0.3, 0.4) is 0 Å². The van der Waals surface area contributed by atoms with Crippen molar-refractivity contribution in [1.82, 2.24) is 45.3 Å². The van der Waals surface area contributed by atoms with Gasteiger partial charge in [-0.3, -0.25) is 9.59 Å². The van der Waals surface area contributed by atoms with E-state index in [-0.39, 0.29) is 63.1 Å². The highest BCUT2D eigenvalue weighted by molar-refractivity contribution is 5.95. The number of piperidine rings is 2. The largest absolute Gasteiger partial charge is 0.395 e. The van der Waals surface area contributed by atoms with E-state index in [2.05, 4.69) is 110 Å². The zero-order chi connectivity index (χ0) is 46.3. The lowest BCUT2D eigenvalue weighted by Crippen LogP contribution is -2.46. The molecule has 6 aromatic rings. The van der Waals surface area contributed by atoms with E-state index < -0.39 is 0 Å². The van der Waals surface area contributed by atoms with Gasteiger partial charge in [0, 0.05) is 104 Å². The molecule has 5 N–H and O–H groups in total. The summed E-state index contributed by atoms with van der Waals surface area (Å²) in [5, 5.41) is 22.3. The Balaban J connectivity index is 0.000000351. The molecule has 2 amide bonds. The summed E-state index contributed by atoms with van der Waals surface area (Å²) in [5.74, 6) is 1.19. The number of carbonyl (C=O) groups is 2. The molecular weight excluding hydrogens is 945 g/mol. The van der Waals surface area contributed by atoms with Gasteiger partial charge in [-0.25, -0.2) is 19.9 Å². The molecule has 0 spiro atoms. The molecule has 0 atom stereocenters. The molecule has 4 heterocycles. The van der Waals surface area contributed by atoms with Gasteiger partial charge in [0.1, 0.15) is 0 Å². The average molecular weight is 1020 g/mol. The minimum atomic E-state index is 0. The van der Waals surface area contributed by atoms with Crippen LogP contribution in [0.1, 0.15) is 65.0 Å². The highest BCUT2D eigenvalue weighted by Crippen LogP contribution is 2.24. The van der Waals surface area contributed by atoms with Gasteiger partial charge >= 0.3 is 0 Å². The van der Waals surface area contributed by atoms with Gasteiger partial charge < -0.3 is 41.1 Å². The average Bonchev–Trinajstić information content (AvgIpc) is 3.34. The number of benzene rings is 4.